The maximum absolute atomic E-state index is 4.27. The molecule has 0 atom stereocenters. The Bertz CT molecular complexity index is 371. The topological polar surface area (TPSA) is 41.0 Å². The predicted molar refractivity (Wildman–Crippen MR) is 77.7 cm³/mol. The molecule has 1 aliphatic rings. The van der Waals surface area contributed by atoms with Crippen molar-refractivity contribution < 1.29 is 0 Å². The zero-order chi connectivity index (χ0) is 13.0. The van der Waals surface area contributed by atoms with Crippen LogP contribution in [-0.2, 0) is 0 Å². The Morgan fingerprint density at radius 2 is 1.89 bits per heavy atom. The molecule has 0 aromatic carbocycles. The van der Waals surface area contributed by atoms with Crippen LogP contribution >= 0.6 is 15.9 Å². The highest BCUT2D eigenvalue weighted by Gasteiger charge is 2.34. The van der Waals surface area contributed by atoms with Gasteiger partial charge in [-0.05, 0) is 42.9 Å². The van der Waals surface area contributed by atoms with Crippen molar-refractivity contribution in [1.82, 2.24) is 14.9 Å². The van der Waals surface area contributed by atoms with E-state index in [2.05, 4.69) is 50.2 Å². The van der Waals surface area contributed by atoms with Crippen molar-refractivity contribution in [2.45, 2.75) is 25.7 Å². The largest absolute Gasteiger partial charge is 0.354 e. The molecule has 1 fully saturated rings. The van der Waals surface area contributed by atoms with Crippen LogP contribution in [0, 0.1) is 5.41 Å². The molecule has 1 N–H and O–H groups in total. The van der Waals surface area contributed by atoms with E-state index in [0.717, 1.165) is 23.5 Å². The maximum atomic E-state index is 4.27. The molecule has 18 heavy (non-hydrogen) atoms. The summed E-state index contributed by atoms with van der Waals surface area (Å²) in [6.45, 7) is 2.10. The van der Waals surface area contributed by atoms with Crippen molar-refractivity contribution in [3.05, 3.63) is 16.9 Å². The lowest BCUT2D eigenvalue weighted by Crippen LogP contribution is -2.37. The minimum absolute atomic E-state index is 0.389. The number of hydrogen-bond acceptors (Lipinski definition) is 4. The second-order valence-electron chi connectivity index (χ2n) is 5.52. The number of nitrogens with zero attached hydrogens (tertiary/aromatic N) is 3. The Morgan fingerprint density at radius 3 is 2.44 bits per heavy atom. The molecule has 1 saturated carbocycles. The Labute approximate surface area is 117 Å². The summed E-state index contributed by atoms with van der Waals surface area (Å²) in [7, 11) is 4.30. The molecule has 4 nitrogen and oxygen atoms in total. The van der Waals surface area contributed by atoms with Crippen molar-refractivity contribution in [1.29, 1.82) is 0 Å². The van der Waals surface area contributed by atoms with Gasteiger partial charge < -0.3 is 10.2 Å². The van der Waals surface area contributed by atoms with Crippen molar-refractivity contribution in [3.8, 4) is 0 Å². The molecule has 1 aromatic rings. The standard InChI is InChI=1S/C13H21BrN4/c1-18(2)10-13(5-3-4-6-13)9-17-12-15-7-11(14)8-16-12/h7-8H,3-6,9-10H2,1-2H3,(H,15,16,17). The van der Waals surface area contributed by atoms with Gasteiger partial charge in [-0.15, -0.1) is 0 Å². The number of aromatic nitrogens is 2. The van der Waals surface area contributed by atoms with E-state index in [-0.39, 0.29) is 0 Å². The van der Waals surface area contributed by atoms with E-state index in [4.69, 9.17) is 0 Å². The normalized spacial score (nSPS) is 18.2. The number of rotatable bonds is 5. The van der Waals surface area contributed by atoms with Gasteiger partial charge in [-0.25, -0.2) is 9.97 Å². The molecule has 5 heteroatoms. The summed E-state index contributed by atoms with van der Waals surface area (Å²) in [4.78, 5) is 10.8. The van der Waals surface area contributed by atoms with Crippen molar-refractivity contribution in [2.24, 2.45) is 5.41 Å². The first-order chi connectivity index (χ1) is 8.60. The van der Waals surface area contributed by atoms with Crippen molar-refractivity contribution in [2.75, 3.05) is 32.5 Å². The average Bonchev–Trinajstić information content (AvgIpc) is 2.76. The second-order valence-corrected chi connectivity index (χ2v) is 6.44. The third kappa shape index (κ3) is 3.65. The fraction of sp³-hybridized carbons (Fsp3) is 0.692. The minimum Gasteiger partial charge on any atom is -0.354 e. The first-order valence-electron chi connectivity index (χ1n) is 6.46. The minimum atomic E-state index is 0.389. The molecule has 0 aliphatic heterocycles. The van der Waals surface area contributed by atoms with Gasteiger partial charge in [0.25, 0.3) is 0 Å². The van der Waals surface area contributed by atoms with Crippen molar-refractivity contribution >= 4 is 21.9 Å². The molecule has 1 heterocycles. The van der Waals surface area contributed by atoms with Crippen LogP contribution < -0.4 is 5.32 Å². The summed E-state index contributed by atoms with van der Waals surface area (Å²) in [6, 6.07) is 0. The van der Waals surface area contributed by atoms with Crippen LogP contribution in [0.5, 0.6) is 0 Å². The summed E-state index contributed by atoms with van der Waals surface area (Å²) in [6.07, 6.45) is 8.85. The third-order valence-corrected chi connectivity index (χ3v) is 3.97. The highest BCUT2D eigenvalue weighted by Crippen LogP contribution is 2.38. The van der Waals surface area contributed by atoms with Crippen LogP contribution in [0.15, 0.2) is 16.9 Å². The molecule has 100 valence electrons. The van der Waals surface area contributed by atoms with Crippen LogP contribution in [-0.4, -0.2) is 42.1 Å². The quantitative estimate of drug-likeness (QED) is 0.907. The van der Waals surface area contributed by atoms with Gasteiger partial charge in [0.1, 0.15) is 0 Å². The Balaban J connectivity index is 1.95. The van der Waals surface area contributed by atoms with E-state index in [1.807, 2.05) is 0 Å². The lowest BCUT2D eigenvalue weighted by atomic mass is 9.85. The Morgan fingerprint density at radius 1 is 1.28 bits per heavy atom. The monoisotopic (exact) mass is 312 g/mol. The van der Waals surface area contributed by atoms with Gasteiger partial charge in [0, 0.05) is 30.9 Å². The molecule has 0 bridgehead atoms. The lowest BCUT2D eigenvalue weighted by Gasteiger charge is -2.32. The maximum Gasteiger partial charge on any atom is 0.222 e. The smallest absolute Gasteiger partial charge is 0.222 e. The predicted octanol–water partition coefficient (Wildman–Crippen LogP) is 2.77. The van der Waals surface area contributed by atoms with Crippen LogP contribution in [0.1, 0.15) is 25.7 Å². The zero-order valence-electron chi connectivity index (χ0n) is 11.1. The fourth-order valence-corrected chi connectivity index (χ4v) is 3.06. The molecule has 0 amide bonds. The van der Waals surface area contributed by atoms with Gasteiger partial charge in [-0.2, -0.15) is 0 Å². The Hall–Kier alpha value is -0.680. The molecule has 1 aromatic heterocycles. The highest BCUT2D eigenvalue weighted by atomic mass is 79.9. The molecular formula is C13H21BrN4. The number of hydrogen-bond donors (Lipinski definition) is 1. The van der Waals surface area contributed by atoms with Crippen LogP contribution in [0.25, 0.3) is 0 Å². The summed E-state index contributed by atoms with van der Waals surface area (Å²) in [5.41, 5.74) is 0.389. The van der Waals surface area contributed by atoms with Crippen LogP contribution in [0.2, 0.25) is 0 Å². The Kier molecular flexibility index (Phi) is 4.56. The average molecular weight is 313 g/mol. The molecule has 2 rings (SSSR count). The van der Waals surface area contributed by atoms with Crippen molar-refractivity contribution in [3.63, 3.8) is 0 Å². The first kappa shape index (κ1) is 13.7. The summed E-state index contributed by atoms with van der Waals surface area (Å²) in [5, 5.41) is 3.39. The molecule has 1 aliphatic carbocycles. The van der Waals surface area contributed by atoms with E-state index in [1.165, 1.54) is 25.7 Å². The fourth-order valence-electron chi connectivity index (χ4n) is 2.86. The van der Waals surface area contributed by atoms with Gasteiger partial charge in [-0.3, -0.25) is 0 Å². The lowest BCUT2D eigenvalue weighted by molar-refractivity contribution is 0.215. The molecular weight excluding hydrogens is 292 g/mol. The van der Waals surface area contributed by atoms with Gasteiger partial charge in [-0.1, -0.05) is 12.8 Å². The highest BCUT2D eigenvalue weighted by molar-refractivity contribution is 9.10. The van der Waals surface area contributed by atoms with E-state index >= 15 is 0 Å². The van der Waals surface area contributed by atoms with Gasteiger partial charge in [0.2, 0.25) is 5.95 Å². The van der Waals surface area contributed by atoms with Gasteiger partial charge in [0.15, 0.2) is 0 Å². The summed E-state index contributed by atoms with van der Waals surface area (Å²) >= 11 is 3.35. The molecule has 0 unspecified atom stereocenters. The first-order valence-corrected chi connectivity index (χ1v) is 7.25. The second kappa shape index (κ2) is 5.97. The number of nitrogens with one attached hydrogen (secondary N) is 1. The zero-order valence-corrected chi connectivity index (χ0v) is 12.7. The van der Waals surface area contributed by atoms with Gasteiger partial charge in [0.05, 0.1) is 4.47 Å². The van der Waals surface area contributed by atoms with E-state index in [1.54, 1.807) is 12.4 Å². The molecule has 0 spiro atoms. The molecule has 0 radical (unpaired) electrons. The summed E-state index contributed by atoms with van der Waals surface area (Å²) in [5.74, 6) is 0.725. The van der Waals surface area contributed by atoms with E-state index in [0.29, 0.717) is 5.41 Å². The van der Waals surface area contributed by atoms with E-state index in [9.17, 15) is 0 Å². The van der Waals surface area contributed by atoms with Crippen LogP contribution in [0.4, 0.5) is 5.95 Å². The SMILES string of the molecule is CN(C)CC1(CNc2ncc(Br)cn2)CCCC1. The van der Waals surface area contributed by atoms with Gasteiger partial charge >= 0.3 is 0 Å². The third-order valence-electron chi connectivity index (χ3n) is 3.56. The van der Waals surface area contributed by atoms with E-state index < -0.39 is 0 Å². The number of anilines is 1. The van der Waals surface area contributed by atoms with Crippen LogP contribution in [0.3, 0.4) is 0 Å². The number of halogens is 1. The summed E-state index contributed by atoms with van der Waals surface area (Å²) < 4.78 is 0.914. The molecule has 0 saturated heterocycles.